The number of anilines is 4. The third-order valence-corrected chi connectivity index (χ3v) is 5.18. The number of amides is 1. The van der Waals surface area contributed by atoms with E-state index in [9.17, 15) is 9.59 Å². The Balaban J connectivity index is 1.77. The van der Waals surface area contributed by atoms with Crippen molar-refractivity contribution in [1.29, 1.82) is 0 Å². The van der Waals surface area contributed by atoms with Gasteiger partial charge in [-0.1, -0.05) is 46.7 Å². The van der Waals surface area contributed by atoms with Crippen LogP contribution in [0.2, 0.25) is 10.0 Å². The van der Waals surface area contributed by atoms with Crippen molar-refractivity contribution in [2.75, 3.05) is 23.1 Å². The minimum absolute atomic E-state index is 0.0672. The van der Waals surface area contributed by atoms with Gasteiger partial charge in [0, 0.05) is 5.69 Å². The third kappa shape index (κ3) is 5.15. The minimum atomic E-state index is -0.596. The molecule has 2 aromatic carbocycles. The number of rotatable bonds is 8. The molecular weight excluding hydrogens is 437 g/mol. The van der Waals surface area contributed by atoms with Crippen LogP contribution in [0.5, 0.6) is 0 Å². The summed E-state index contributed by atoms with van der Waals surface area (Å²) < 4.78 is 0. The van der Waals surface area contributed by atoms with E-state index in [1.54, 1.807) is 42.5 Å². The summed E-state index contributed by atoms with van der Waals surface area (Å²) in [5.74, 6) is -0.933. The molecule has 1 aromatic heterocycles. The largest absolute Gasteiger partial charge is 0.382 e. The second kappa shape index (κ2) is 9.10. The molecule has 6 N–H and O–H groups in total. The lowest BCUT2D eigenvalue weighted by Gasteiger charge is -2.08. The van der Waals surface area contributed by atoms with Crippen molar-refractivity contribution >= 4 is 68.6 Å². The average molecular weight is 452 g/mol. The van der Waals surface area contributed by atoms with E-state index in [1.807, 2.05) is 0 Å². The SMILES string of the molecule is NC(=O)CONc1cccc(Nc2nc(N)c(C(=O)c3c(Cl)cccc3Cl)s2)c1. The Bertz CT molecular complexity index is 1050. The molecule has 0 aliphatic heterocycles. The van der Waals surface area contributed by atoms with Crippen LogP contribution in [0.3, 0.4) is 0 Å². The van der Waals surface area contributed by atoms with Crippen molar-refractivity contribution < 1.29 is 14.4 Å². The molecule has 0 bridgehead atoms. The first-order chi connectivity index (χ1) is 13.8. The van der Waals surface area contributed by atoms with Gasteiger partial charge in [-0.25, -0.2) is 4.98 Å². The highest BCUT2D eigenvalue weighted by Crippen LogP contribution is 2.34. The number of thiazole rings is 1. The predicted molar refractivity (Wildman–Crippen MR) is 115 cm³/mol. The average Bonchev–Trinajstić information content (AvgIpc) is 3.01. The number of aromatic nitrogens is 1. The molecule has 150 valence electrons. The highest BCUT2D eigenvalue weighted by molar-refractivity contribution is 7.18. The van der Waals surface area contributed by atoms with E-state index in [1.165, 1.54) is 0 Å². The lowest BCUT2D eigenvalue weighted by Crippen LogP contribution is -2.20. The molecule has 1 amide bonds. The van der Waals surface area contributed by atoms with E-state index in [2.05, 4.69) is 15.8 Å². The number of benzene rings is 2. The van der Waals surface area contributed by atoms with Gasteiger partial charge in [-0.05, 0) is 30.3 Å². The number of primary amides is 1. The number of nitrogens with two attached hydrogens (primary N) is 2. The Morgan fingerprint density at radius 2 is 1.76 bits per heavy atom. The first-order valence-electron chi connectivity index (χ1n) is 8.13. The molecule has 0 saturated heterocycles. The number of ketones is 1. The number of nitrogens with zero attached hydrogens (tertiary/aromatic N) is 1. The summed E-state index contributed by atoms with van der Waals surface area (Å²) in [5, 5.41) is 3.94. The topological polar surface area (TPSA) is 132 Å². The zero-order valence-corrected chi connectivity index (χ0v) is 17.1. The Labute approximate surface area is 179 Å². The summed E-state index contributed by atoms with van der Waals surface area (Å²) >= 11 is 13.3. The van der Waals surface area contributed by atoms with Gasteiger partial charge in [0.2, 0.25) is 11.7 Å². The summed E-state index contributed by atoms with van der Waals surface area (Å²) in [7, 11) is 0. The van der Waals surface area contributed by atoms with Crippen LogP contribution in [0.4, 0.5) is 22.3 Å². The van der Waals surface area contributed by atoms with Crippen LogP contribution in [0, 0.1) is 0 Å². The highest BCUT2D eigenvalue weighted by Gasteiger charge is 2.22. The van der Waals surface area contributed by atoms with E-state index < -0.39 is 11.7 Å². The quantitative estimate of drug-likeness (QED) is 0.302. The molecule has 3 rings (SSSR count). The summed E-state index contributed by atoms with van der Waals surface area (Å²) in [6.07, 6.45) is 0. The molecule has 8 nitrogen and oxygen atoms in total. The fourth-order valence-corrected chi connectivity index (χ4v) is 3.77. The Morgan fingerprint density at radius 1 is 1.10 bits per heavy atom. The molecule has 0 aliphatic rings. The number of hydrogen-bond acceptors (Lipinski definition) is 8. The molecule has 0 unspecified atom stereocenters. The van der Waals surface area contributed by atoms with Crippen LogP contribution in [-0.4, -0.2) is 23.3 Å². The van der Waals surface area contributed by atoms with Gasteiger partial charge in [-0.2, -0.15) is 0 Å². The van der Waals surface area contributed by atoms with Gasteiger partial charge in [0.1, 0.15) is 10.7 Å². The third-order valence-electron chi connectivity index (χ3n) is 3.57. The van der Waals surface area contributed by atoms with Gasteiger partial charge < -0.3 is 16.8 Å². The second-order valence-electron chi connectivity index (χ2n) is 5.72. The normalized spacial score (nSPS) is 10.6. The van der Waals surface area contributed by atoms with Crippen LogP contribution in [0.15, 0.2) is 42.5 Å². The molecular formula is C18H15Cl2N5O3S. The fourth-order valence-electron chi connectivity index (χ4n) is 2.35. The Morgan fingerprint density at radius 3 is 2.45 bits per heavy atom. The molecule has 0 aliphatic carbocycles. The molecule has 1 heterocycles. The molecule has 3 aromatic rings. The van der Waals surface area contributed by atoms with E-state index in [0.717, 1.165) is 11.3 Å². The molecule has 0 fully saturated rings. The minimum Gasteiger partial charge on any atom is -0.382 e. The van der Waals surface area contributed by atoms with Crippen LogP contribution >= 0.6 is 34.5 Å². The van der Waals surface area contributed by atoms with Crippen LogP contribution < -0.4 is 22.3 Å². The van der Waals surface area contributed by atoms with Gasteiger partial charge >= 0.3 is 0 Å². The molecule has 0 atom stereocenters. The molecule has 0 spiro atoms. The van der Waals surface area contributed by atoms with E-state index in [0.29, 0.717) is 16.5 Å². The summed E-state index contributed by atoms with van der Waals surface area (Å²) in [4.78, 5) is 32.9. The van der Waals surface area contributed by atoms with Gasteiger partial charge in [-0.15, -0.1) is 0 Å². The van der Waals surface area contributed by atoms with Crippen molar-refractivity contribution in [2.24, 2.45) is 5.73 Å². The maximum atomic E-state index is 12.8. The van der Waals surface area contributed by atoms with E-state index >= 15 is 0 Å². The van der Waals surface area contributed by atoms with Gasteiger partial charge in [0.05, 0.1) is 21.3 Å². The van der Waals surface area contributed by atoms with Crippen molar-refractivity contribution in [3.63, 3.8) is 0 Å². The monoisotopic (exact) mass is 451 g/mol. The summed E-state index contributed by atoms with van der Waals surface area (Å²) in [5.41, 5.74) is 15.0. The number of hydrogen-bond donors (Lipinski definition) is 4. The lowest BCUT2D eigenvalue weighted by molar-refractivity contribution is -0.121. The Hall–Kier alpha value is -2.85. The smallest absolute Gasteiger partial charge is 0.246 e. The highest BCUT2D eigenvalue weighted by atomic mass is 35.5. The number of carbonyl (C=O) groups excluding carboxylic acids is 2. The van der Waals surface area contributed by atoms with Gasteiger partial charge in [-0.3, -0.25) is 19.9 Å². The number of nitrogen functional groups attached to an aromatic ring is 1. The zero-order chi connectivity index (χ0) is 21.0. The fraction of sp³-hybridized carbons (Fsp3) is 0.0556. The number of halogens is 2. The first-order valence-corrected chi connectivity index (χ1v) is 9.70. The number of carbonyl (C=O) groups is 2. The standard InChI is InChI=1S/C18H15Cl2N5O3S/c19-11-5-2-6-12(20)14(11)15(27)16-17(22)24-18(29-16)23-9-3-1-4-10(7-9)25-28-8-13(21)26/h1-7,25H,8,22H2,(H2,21,26)(H,23,24). The van der Waals surface area contributed by atoms with Crippen LogP contribution in [0.25, 0.3) is 0 Å². The molecule has 11 heteroatoms. The molecule has 29 heavy (non-hydrogen) atoms. The van der Waals surface area contributed by atoms with E-state index in [4.69, 9.17) is 39.5 Å². The van der Waals surface area contributed by atoms with Crippen molar-refractivity contribution in [3.05, 3.63) is 63.0 Å². The molecule has 0 radical (unpaired) electrons. The van der Waals surface area contributed by atoms with E-state index in [-0.39, 0.29) is 32.9 Å². The summed E-state index contributed by atoms with van der Waals surface area (Å²) in [6, 6.07) is 11.8. The first kappa shape index (κ1) is 20.9. The molecule has 0 saturated carbocycles. The zero-order valence-electron chi connectivity index (χ0n) is 14.7. The van der Waals surface area contributed by atoms with Crippen molar-refractivity contribution in [1.82, 2.24) is 4.98 Å². The van der Waals surface area contributed by atoms with Crippen LogP contribution in [-0.2, 0) is 9.63 Å². The van der Waals surface area contributed by atoms with Gasteiger partial charge in [0.25, 0.3) is 0 Å². The second-order valence-corrected chi connectivity index (χ2v) is 7.54. The van der Waals surface area contributed by atoms with Gasteiger partial charge in [0.15, 0.2) is 11.7 Å². The Kier molecular flexibility index (Phi) is 6.55. The predicted octanol–water partition coefficient (Wildman–Crippen LogP) is 3.84. The van der Waals surface area contributed by atoms with Crippen molar-refractivity contribution in [2.45, 2.75) is 0 Å². The number of nitrogens with one attached hydrogen (secondary N) is 2. The van der Waals surface area contributed by atoms with Crippen molar-refractivity contribution in [3.8, 4) is 0 Å². The van der Waals surface area contributed by atoms with Crippen LogP contribution in [0.1, 0.15) is 15.2 Å². The maximum absolute atomic E-state index is 12.8. The summed E-state index contributed by atoms with van der Waals surface area (Å²) in [6.45, 7) is -0.267. The lowest BCUT2D eigenvalue weighted by atomic mass is 10.1. The maximum Gasteiger partial charge on any atom is 0.246 e.